The molecule has 0 rings (SSSR count). The van der Waals surface area contributed by atoms with Crippen molar-refractivity contribution in [2.75, 3.05) is 13.2 Å². The smallest absolute Gasteiger partial charge is 0.305 e. The standard InChI is InChI=1S/C71H135NO5/c1-3-5-7-9-11-13-14-15-42-45-49-53-57-61-65-71(76)77-66-62-58-54-50-46-43-40-38-36-34-32-30-28-26-24-22-20-18-16-17-19-21-23-25-27-29-31-33-35-37-39-41-44-48-52-56-60-64-70(75)72-68(67-73)69(74)63-59-55-51-47-12-10-8-6-4-2/h16,18,22,24,59,63,68-69,73-74H,3-15,17,19-21,23,25-58,60-62,64-67H2,1-2H3,(H,72,75)/b18-16-,24-22-,63-59+. The van der Waals surface area contributed by atoms with Crippen molar-refractivity contribution in [2.24, 2.45) is 0 Å². The molecule has 1 amide bonds. The molecule has 0 aliphatic rings. The van der Waals surface area contributed by atoms with E-state index in [9.17, 15) is 19.8 Å². The highest BCUT2D eigenvalue weighted by Crippen LogP contribution is 2.18. The van der Waals surface area contributed by atoms with Crippen LogP contribution in [0.2, 0.25) is 0 Å². The van der Waals surface area contributed by atoms with Crippen molar-refractivity contribution in [3.63, 3.8) is 0 Å². The number of esters is 1. The predicted molar refractivity (Wildman–Crippen MR) is 338 cm³/mol. The lowest BCUT2D eigenvalue weighted by Crippen LogP contribution is -2.45. The Labute approximate surface area is 481 Å². The Bertz CT molecular complexity index is 1250. The molecule has 2 atom stereocenters. The fraction of sp³-hybridized carbons (Fsp3) is 0.887. The van der Waals surface area contributed by atoms with Crippen LogP contribution in [-0.2, 0) is 14.3 Å². The molecule has 0 spiro atoms. The Morgan fingerprint density at radius 1 is 0.364 bits per heavy atom. The van der Waals surface area contributed by atoms with Gasteiger partial charge in [0.15, 0.2) is 0 Å². The van der Waals surface area contributed by atoms with Gasteiger partial charge in [0.25, 0.3) is 0 Å². The van der Waals surface area contributed by atoms with Crippen LogP contribution in [-0.4, -0.2) is 47.4 Å². The summed E-state index contributed by atoms with van der Waals surface area (Å²) in [4.78, 5) is 24.5. The number of nitrogens with one attached hydrogen (secondary N) is 1. The number of unbranched alkanes of at least 4 members (excludes halogenated alkanes) is 50. The lowest BCUT2D eigenvalue weighted by atomic mass is 10.0. The number of aliphatic hydroxyl groups is 2. The van der Waals surface area contributed by atoms with Gasteiger partial charge in [-0.25, -0.2) is 0 Å². The highest BCUT2D eigenvalue weighted by Gasteiger charge is 2.18. The van der Waals surface area contributed by atoms with Gasteiger partial charge < -0.3 is 20.3 Å². The fourth-order valence-electron chi connectivity index (χ4n) is 10.8. The number of ether oxygens (including phenoxy) is 1. The second kappa shape index (κ2) is 66.6. The van der Waals surface area contributed by atoms with E-state index in [-0.39, 0.29) is 18.5 Å². The summed E-state index contributed by atoms with van der Waals surface area (Å²) in [6.45, 7) is 4.90. The minimum absolute atomic E-state index is 0.0210. The van der Waals surface area contributed by atoms with Crippen molar-refractivity contribution in [3.05, 3.63) is 36.5 Å². The van der Waals surface area contributed by atoms with Gasteiger partial charge in [0.2, 0.25) is 5.91 Å². The zero-order valence-electron chi connectivity index (χ0n) is 52.0. The Morgan fingerprint density at radius 2 is 0.649 bits per heavy atom. The lowest BCUT2D eigenvalue weighted by Gasteiger charge is -2.20. The van der Waals surface area contributed by atoms with Crippen LogP contribution < -0.4 is 5.32 Å². The quantitative estimate of drug-likeness (QED) is 0.0320. The molecule has 454 valence electrons. The van der Waals surface area contributed by atoms with Crippen LogP contribution >= 0.6 is 0 Å². The Kier molecular flexibility index (Phi) is 64.9. The van der Waals surface area contributed by atoms with E-state index in [1.807, 2.05) is 6.08 Å². The SMILES string of the molecule is CCCCCCCCC/C=C/C(O)C(CO)NC(=O)CCCCCCCCCCCCCCCCCCC/C=C\C/C=C\CCCCCCCCCCCCCCCOC(=O)CCCCCCCCCCCCCCCC. The predicted octanol–water partition coefficient (Wildman–Crippen LogP) is 22.3. The van der Waals surface area contributed by atoms with Gasteiger partial charge in [-0.2, -0.15) is 0 Å². The van der Waals surface area contributed by atoms with Crippen LogP contribution in [0.5, 0.6) is 0 Å². The monoisotopic (exact) mass is 1080 g/mol. The molecule has 3 N–H and O–H groups in total. The minimum atomic E-state index is -0.840. The Hall–Kier alpha value is -1.92. The van der Waals surface area contributed by atoms with Crippen molar-refractivity contribution in [2.45, 2.75) is 392 Å². The van der Waals surface area contributed by atoms with Gasteiger partial charge in [0, 0.05) is 12.8 Å². The van der Waals surface area contributed by atoms with E-state index >= 15 is 0 Å². The third-order valence-corrected chi connectivity index (χ3v) is 16.2. The van der Waals surface area contributed by atoms with E-state index in [0.717, 1.165) is 44.9 Å². The minimum Gasteiger partial charge on any atom is -0.466 e. The second-order valence-corrected chi connectivity index (χ2v) is 23.9. The largest absolute Gasteiger partial charge is 0.466 e. The summed E-state index contributed by atoms with van der Waals surface area (Å²) in [5, 5.41) is 23.0. The van der Waals surface area contributed by atoms with Crippen molar-refractivity contribution in [3.8, 4) is 0 Å². The lowest BCUT2D eigenvalue weighted by molar-refractivity contribution is -0.143. The van der Waals surface area contributed by atoms with E-state index in [1.165, 1.54) is 308 Å². The van der Waals surface area contributed by atoms with E-state index in [2.05, 4.69) is 43.5 Å². The summed E-state index contributed by atoms with van der Waals surface area (Å²) in [7, 11) is 0. The number of carbonyl (C=O) groups is 2. The molecule has 0 aromatic heterocycles. The van der Waals surface area contributed by atoms with Gasteiger partial charge in [0.1, 0.15) is 0 Å². The molecule has 0 aromatic carbocycles. The molecule has 0 aliphatic carbocycles. The maximum atomic E-state index is 12.4. The van der Waals surface area contributed by atoms with Gasteiger partial charge in [0.05, 0.1) is 25.4 Å². The molecule has 0 saturated carbocycles. The van der Waals surface area contributed by atoms with Crippen molar-refractivity contribution < 1.29 is 24.5 Å². The number of allylic oxidation sites excluding steroid dienone is 5. The number of rotatable bonds is 65. The summed E-state index contributed by atoms with van der Waals surface area (Å²) in [5.74, 6) is -0.0458. The van der Waals surface area contributed by atoms with Gasteiger partial charge >= 0.3 is 5.97 Å². The first kappa shape index (κ1) is 75.1. The summed E-state index contributed by atoms with van der Waals surface area (Å²) in [5.41, 5.74) is 0. The number of hydrogen-bond donors (Lipinski definition) is 3. The maximum absolute atomic E-state index is 12.4. The van der Waals surface area contributed by atoms with Crippen LogP contribution in [0.25, 0.3) is 0 Å². The number of aliphatic hydroxyl groups excluding tert-OH is 2. The normalized spacial score (nSPS) is 12.7. The first-order chi connectivity index (χ1) is 38.0. The molecule has 0 heterocycles. The molecule has 6 nitrogen and oxygen atoms in total. The molecular formula is C71H135NO5. The molecule has 2 unspecified atom stereocenters. The van der Waals surface area contributed by atoms with Crippen molar-refractivity contribution in [1.29, 1.82) is 0 Å². The molecule has 0 saturated heterocycles. The number of amides is 1. The summed E-state index contributed by atoms with van der Waals surface area (Å²) in [6, 6.07) is -0.623. The van der Waals surface area contributed by atoms with E-state index < -0.39 is 12.1 Å². The summed E-state index contributed by atoms with van der Waals surface area (Å²) < 4.78 is 5.49. The zero-order chi connectivity index (χ0) is 55.7. The van der Waals surface area contributed by atoms with Crippen molar-refractivity contribution >= 4 is 11.9 Å². The molecule has 0 fully saturated rings. The van der Waals surface area contributed by atoms with Crippen LogP contribution in [0.4, 0.5) is 0 Å². The maximum Gasteiger partial charge on any atom is 0.305 e. The Morgan fingerprint density at radius 3 is 0.987 bits per heavy atom. The van der Waals surface area contributed by atoms with Gasteiger partial charge in [-0.3, -0.25) is 9.59 Å². The molecule has 0 bridgehead atoms. The van der Waals surface area contributed by atoms with Crippen LogP contribution in [0.1, 0.15) is 380 Å². The van der Waals surface area contributed by atoms with Gasteiger partial charge in [-0.1, -0.05) is 339 Å². The van der Waals surface area contributed by atoms with Crippen LogP contribution in [0.15, 0.2) is 36.5 Å². The molecule has 0 aliphatic heterocycles. The first-order valence-electron chi connectivity index (χ1n) is 34.8. The van der Waals surface area contributed by atoms with Crippen molar-refractivity contribution in [1.82, 2.24) is 5.32 Å². The molecular weight excluding hydrogens is 947 g/mol. The third-order valence-electron chi connectivity index (χ3n) is 16.2. The number of carbonyl (C=O) groups excluding carboxylic acids is 2. The Balaban J connectivity index is 3.34. The molecule has 6 heteroatoms. The molecule has 77 heavy (non-hydrogen) atoms. The topological polar surface area (TPSA) is 95.9 Å². The summed E-state index contributed by atoms with van der Waals surface area (Å²) in [6.07, 6.45) is 85.3. The zero-order valence-corrected chi connectivity index (χ0v) is 52.0. The number of hydrogen-bond acceptors (Lipinski definition) is 5. The van der Waals surface area contributed by atoms with Crippen LogP contribution in [0.3, 0.4) is 0 Å². The highest BCUT2D eigenvalue weighted by atomic mass is 16.5. The van der Waals surface area contributed by atoms with E-state index in [0.29, 0.717) is 19.4 Å². The van der Waals surface area contributed by atoms with E-state index in [1.54, 1.807) is 6.08 Å². The highest BCUT2D eigenvalue weighted by molar-refractivity contribution is 5.76. The van der Waals surface area contributed by atoms with Crippen LogP contribution in [0, 0.1) is 0 Å². The summed E-state index contributed by atoms with van der Waals surface area (Å²) >= 11 is 0. The first-order valence-corrected chi connectivity index (χ1v) is 34.8. The molecule has 0 aromatic rings. The average molecular weight is 1080 g/mol. The average Bonchev–Trinajstić information content (AvgIpc) is 3.43. The van der Waals surface area contributed by atoms with Gasteiger partial charge in [-0.05, 0) is 64.2 Å². The molecule has 0 radical (unpaired) electrons. The fourth-order valence-corrected chi connectivity index (χ4v) is 10.8. The van der Waals surface area contributed by atoms with E-state index in [4.69, 9.17) is 4.74 Å². The second-order valence-electron chi connectivity index (χ2n) is 23.9. The third kappa shape index (κ3) is 63.1. The van der Waals surface area contributed by atoms with Gasteiger partial charge in [-0.15, -0.1) is 0 Å².